The van der Waals surface area contributed by atoms with Crippen molar-refractivity contribution in [2.75, 3.05) is 10.6 Å². The summed E-state index contributed by atoms with van der Waals surface area (Å²) in [5, 5.41) is 21.3. The van der Waals surface area contributed by atoms with Crippen LogP contribution in [0.15, 0.2) is 30.5 Å². The van der Waals surface area contributed by atoms with E-state index in [0.717, 1.165) is 17.9 Å². The lowest BCUT2D eigenvalue weighted by molar-refractivity contribution is -0.384. The summed E-state index contributed by atoms with van der Waals surface area (Å²) in [7, 11) is 0. The number of nitro benzene ring substituents is 1. The summed E-state index contributed by atoms with van der Waals surface area (Å²) in [5.74, 6) is 0. The highest BCUT2D eigenvalue weighted by Crippen LogP contribution is 2.17. The molecule has 0 atom stereocenters. The molecule has 0 aliphatic heterocycles. The van der Waals surface area contributed by atoms with Crippen LogP contribution < -0.4 is 10.6 Å². The molecule has 0 saturated carbocycles. The molecule has 0 amide bonds. The molecule has 0 fully saturated rings. The molecule has 1 aromatic carbocycles. The van der Waals surface area contributed by atoms with Crippen molar-refractivity contribution < 1.29 is 4.92 Å². The monoisotopic (exact) mass is 305 g/mol. The van der Waals surface area contributed by atoms with Gasteiger partial charge in [0.1, 0.15) is 0 Å². The van der Waals surface area contributed by atoms with Gasteiger partial charge in [-0.3, -0.25) is 14.8 Å². The number of anilines is 2. The Morgan fingerprint density at radius 3 is 2.57 bits per heavy atom. The normalized spacial score (nSPS) is 10.2. The zero-order valence-corrected chi connectivity index (χ0v) is 12.5. The maximum Gasteiger partial charge on any atom is 0.269 e. The van der Waals surface area contributed by atoms with E-state index in [9.17, 15) is 10.1 Å². The highest BCUT2D eigenvalue weighted by atomic mass is 32.1. The standard InChI is InChI=1S/C13H15N5O2S/c1-3-17-8-12(9(2)16-17)15-13(21)14-10-4-6-11(7-5-10)18(19)20/h4-8H,3H2,1-2H3,(H2,14,15,21). The van der Waals surface area contributed by atoms with Crippen LogP contribution in [0.25, 0.3) is 0 Å². The molecule has 7 nitrogen and oxygen atoms in total. The molecule has 1 heterocycles. The first-order valence-electron chi connectivity index (χ1n) is 6.36. The number of aromatic nitrogens is 2. The number of nitrogens with one attached hydrogen (secondary N) is 2. The molecule has 0 radical (unpaired) electrons. The van der Waals surface area contributed by atoms with E-state index >= 15 is 0 Å². The second-order valence-corrected chi connectivity index (χ2v) is 4.78. The van der Waals surface area contributed by atoms with Crippen molar-refractivity contribution in [1.29, 1.82) is 0 Å². The Hall–Kier alpha value is -2.48. The minimum Gasteiger partial charge on any atom is -0.332 e. The number of aryl methyl sites for hydroxylation is 2. The maximum atomic E-state index is 10.6. The highest BCUT2D eigenvalue weighted by molar-refractivity contribution is 7.80. The third-order valence-corrected chi connectivity index (χ3v) is 3.06. The minimum atomic E-state index is -0.442. The highest BCUT2D eigenvalue weighted by Gasteiger charge is 2.07. The van der Waals surface area contributed by atoms with Gasteiger partial charge in [0.25, 0.3) is 5.69 Å². The van der Waals surface area contributed by atoms with Crippen molar-refractivity contribution in [2.24, 2.45) is 0 Å². The van der Waals surface area contributed by atoms with E-state index in [-0.39, 0.29) is 5.69 Å². The summed E-state index contributed by atoms with van der Waals surface area (Å²) >= 11 is 5.21. The van der Waals surface area contributed by atoms with Gasteiger partial charge >= 0.3 is 0 Å². The topological polar surface area (TPSA) is 85.0 Å². The fraction of sp³-hybridized carbons (Fsp3) is 0.231. The number of rotatable bonds is 4. The van der Waals surface area contributed by atoms with Crippen molar-refractivity contribution in [1.82, 2.24) is 9.78 Å². The lowest BCUT2D eigenvalue weighted by Gasteiger charge is -2.09. The Morgan fingerprint density at radius 2 is 2.05 bits per heavy atom. The van der Waals surface area contributed by atoms with Gasteiger partial charge in [0.05, 0.1) is 16.3 Å². The second-order valence-electron chi connectivity index (χ2n) is 4.37. The predicted octanol–water partition coefficient (Wildman–Crippen LogP) is 2.93. The summed E-state index contributed by atoms with van der Waals surface area (Å²) in [6.07, 6.45) is 1.87. The van der Waals surface area contributed by atoms with Crippen molar-refractivity contribution in [3.05, 3.63) is 46.3 Å². The number of benzene rings is 1. The first kappa shape index (κ1) is 14.9. The van der Waals surface area contributed by atoms with E-state index < -0.39 is 4.92 Å². The molecule has 110 valence electrons. The average Bonchev–Trinajstić information content (AvgIpc) is 2.80. The third-order valence-electron chi connectivity index (χ3n) is 2.85. The number of non-ortho nitro benzene ring substituents is 1. The van der Waals surface area contributed by atoms with Crippen molar-refractivity contribution in [3.8, 4) is 0 Å². The summed E-state index contributed by atoms with van der Waals surface area (Å²) in [4.78, 5) is 10.1. The Labute approximate surface area is 127 Å². The molecule has 0 spiro atoms. The first-order chi connectivity index (χ1) is 9.99. The zero-order valence-electron chi connectivity index (χ0n) is 11.7. The lowest BCUT2D eigenvalue weighted by Crippen LogP contribution is -2.19. The van der Waals surface area contributed by atoms with Gasteiger partial charge in [0, 0.05) is 30.6 Å². The number of hydrogen-bond donors (Lipinski definition) is 2. The zero-order chi connectivity index (χ0) is 15.4. The van der Waals surface area contributed by atoms with Gasteiger partial charge in [-0.25, -0.2) is 0 Å². The Balaban J connectivity index is 2.00. The molecule has 0 unspecified atom stereocenters. The van der Waals surface area contributed by atoms with Gasteiger partial charge in [-0.1, -0.05) is 0 Å². The van der Waals surface area contributed by atoms with E-state index in [1.807, 2.05) is 24.7 Å². The molecular weight excluding hydrogens is 290 g/mol. The third kappa shape index (κ3) is 3.76. The van der Waals surface area contributed by atoms with Crippen LogP contribution >= 0.6 is 12.2 Å². The largest absolute Gasteiger partial charge is 0.332 e. The van der Waals surface area contributed by atoms with Crippen LogP contribution in [0.3, 0.4) is 0 Å². The summed E-state index contributed by atoms with van der Waals surface area (Å²) in [5.41, 5.74) is 2.40. The van der Waals surface area contributed by atoms with Gasteiger partial charge in [0.15, 0.2) is 5.11 Å². The van der Waals surface area contributed by atoms with E-state index in [1.54, 1.807) is 12.1 Å². The molecule has 2 rings (SSSR count). The molecule has 8 heteroatoms. The van der Waals surface area contributed by atoms with Gasteiger partial charge in [0.2, 0.25) is 0 Å². The molecule has 2 aromatic rings. The smallest absolute Gasteiger partial charge is 0.269 e. The Bertz CT molecular complexity index is 666. The van der Waals surface area contributed by atoms with E-state index in [2.05, 4.69) is 15.7 Å². The lowest BCUT2D eigenvalue weighted by atomic mass is 10.3. The van der Waals surface area contributed by atoms with Crippen molar-refractivity contribution in [2.45, 2.75) is 20.4 Å². The van der Waals surface area contributed by atoms with Crippen LogP contribution in [0, 0.1) is 17.0 Å². The van der Waals surface area contributed by atoms with E-state index in [4.69, 9.17) is 12.2 Å². The quantitative estimate of drug-likeness (QED) is 0.513. The van der Waals surface area contributed by atoms with Gasteiger partial charge in [-0.2, -0.15) is 5.10 Å². The minimum absolute atomic E-state index is 0.0412. The fourth-order valence-electron chi connectivity index (χ4n) is 1.75. The molecule has 0 saturated heterocycles. The molecule has 1 aromatic heterocycles. The van der Waals surface area contributed by atoms with Gasteiger partial charge < -0.3 is 10.6 Å². The van der Waals surface area contributed by atoms with Crippen molar-refractivity contribution in [3.63, 3.8) is 0 Å². The fourth-order valence-corrected chi connectivity index (χ4v) is 1.98. The second kappa shape index (κ2) is 6.31. The predicted molar refractivity (Wildman–Crippen MR) is 85.6 cm³/mol. The summed E-state index contributed by atoms with van der Waals surface area (Å²) in [6, 6.07) is 6.06. The van der Waals surface area contributed by atoms with Crippen LogP contribution in [0.2, 0.25) is 0 Å². The number of nitro groups is 1. The molecule has 0 aliphatic rings. The maximum absolute atomic E-state index is 10.6. The molecule has 0 aliphatic carbocycles. The molecule has 21 heavy (non-hydrogen) atoms. The van der Waals surface area contributed by atoms with Crippen LogP contribution in [0.5, 0.6) is 0 Å². The van der Waals surface area contributed by atoms with Crippen LogP contribution in [-0.2, 0) is 6.54 Å². The van der Waals surface area contributed by atoms with Crippen LogP contribution in [0.4, 0.5) is 17.1 Å². The van der Waals surface area contributed by atoms with Crippen molar-refractivity contribution >= 4 is 34.4 Å². The van der Waals surface area contributed by atoms with Crippen LogP contribution in [-0.4, -0.2) is 19.8 Å². The first-order valence-corrected chi connectivity index (χ1v) is 6.77. The average molecular weight is 305 g/mol. The van der Waals surface area contributed by atoms with Crippen LogP contribution in [0.1, 0.15) is 12.6 Å². The number of nitrogens with zero attached hydrogens (tertiary/aromatic N) is 3. The van der Waals surface area contributed by atoms with Gasteiger partial charge in [-0.05, 0) is 38.2 Å². The Morgan fingerprint density at radius 1 is 1.38 bits per heavy atom. The molecular formula is C13H15N5O2S. The number of thiocarbonyl (C=S) groups is 1. The molecule has 2 N–H and O–H groups in total. The summed E-state index contributed by atoms with van der Waals surface area (Å²) < 4.78 is 1.81. The van der Waals surface area contributed by atoms with Gasteiger partial charge in [-0.15, -0.1) is 0 Å². The number of hydrogen-bond acceptors (Lipinski definition) is 4. The summed E-state index contributed by atoms with van der Waals surface area (Å²) in [6.45, 7) is 4.68. The Kier molecular flexibility index (Phi) is 4.49. The molecule has 0 bridgehead atoms. The van der Waals surface area contributed by atoms with E-state index in [1.165, 1.54) is 12.1 Å². The van der Waals surface area contributed by atoms with E-state index in [0.29, 0.717) is 10.8 Å². The SMILES string of the molecule is CCn1cc(NC(=S)Nc2ccc([N+](=O)[O-])cc2)c(C)n1.